The van der Waals surface area contributed by atoms with Crippen molar-refractivity contribution in [1.29, 1.82) is 0 Å². The molecule has 0 aliphatic carbocycles. The first kappa shape index (κ1) is 95.5. The molecule has 6 aliphatic rings. The summed E-state index contributed by atoms with van der Waals surface area (Å²) in [6.07, 6.45) is 10.8. The molecule has 0 radical (unpaired) electrons. The SMILES string of the molecule is C=CC(=O)N1CC2C(=O)N(C)c3c(c4cc(F)c(-c5cccc6cccc(Cl)c56)nc4n(-c4c(C)ccnc4C(C)C)c3=O)N2CC1C.C=CC(=O)N1CC2CCOc3c(c4cc(F)c(-c5cccc6cccc(Cl)c56)nc4n(-c4c(C)ccnc4C(C)C)c3=O)N2CC1C.C=CC(=O)N1CC2CCc3c(c4cc(F)c(-c5cccc6cccc(Cl)c56)nc4n(-c4c(C)ccnc4C(C)C)c3=O)N2CC1C. The molecule has 0 N–H and O–H groups in total. The molecular weight excluding hydrogens is 1850 g/mol. The van der Waals surface area contributed by atoms with Crippen molar-refractivity contribution in [3.8, 4) is 56.6 Å². The minimum Gasteiger partial charge on any atom is -0.486 e. The summed E-state index contributed by atoms with van der Waals surface area (Å²) < 4.78 is 60.9. The number of benzene rings is 6. The monoisotopic (exact) mass is 1950 g/mol. The third-order valence-corrected chi connectivity index (χ3v) is 29.3. The number of aromatic nitrogens is 9. The van der Waals surface area contributed by atoms with Crippen LogP contribution in [0.15, 0.2) is 217 Å². The van der Waals surface area contributed by atoms with E-state index in [9.17, 15) is 33.6 Å². The van der Waals surface area contributed by atoms with Gasteiger partial charge in [0, 0.05) is 159 Å². The van der Waals surface area contributed by atoms with Crippen molar-refractivity contribution in [2.45, 2.75) is 156 Å². The molecule has 21 rings (SSSR count). The van der Waals surface area contributed by atoms with Gasteiger partial charge in [0.05, 0.1) is 70.4 Å². The van der Waals surface area contributed by atoms with E-state index in [1.54, 1.807) is 74.9 Å². The lowest BCUT2D eigenvalue weighted by atomic mass is 9.91. The van der Waals surface area contributed by atoms with Crippen LogP contribution in [0.25, 0.3) is 116 Å². The molecule has 15 heterocycles. The Morgan fingerprint density at radius 3 is 1.17 bits per heavy atom. The lowest BCUT2D eigenvalue weighted by Gasteiger charge is -2.49. The average Bonchev–Trinajstić information content (AvgIpc) is 1.04. The second-order valence-corrected chi connectivity index (χ2v) is 39.4. The van der Waals surface area contributed by atoms with Gasteiger partial charge in [0.25, 0.3) is 17.0 Å². The molecule has 24 nitrogen and oxygen atoms in total. The number of halogens is 6. The fraction of sp³-hybridized carbons (Fsp3) is 0.288. The summed E-state index contributed by atoms with van der Waals surface area (Å²) >= 11 is 20.1. The van der Waals surface area contributed by atoms with Gasteiger partial charge in [-0.05, 0) is 178 Å². The van der Waals surface area contributed by atoms with E-state index in [0.717, 1.165) is 38.5 Å². The van der Waals surface area contributed by atoms with Crippen LogP contribution in [-0.4, -0.2) is 171 Å². The van der Waals surface area contributed by atoms with Crippen molar-refractivity contribution in [2.75, 3.05) is 72.5 Å². The van der Waals surface area contributed by atoms with Crippen molar-refractivity contribution in [3.05, 3.63) is 305 Å². The number of nitrogens with zero attached hydrogens (tertiary/aromatic N) is 16. The Morgan fingerprint density at radius 1 is 0.426 bits per heavy atom. The van der Waals surface area contributed by atoms with E-state index in [4.69, 9.17) is 59.5 Å². The number of hydrogen-bond acceptors (Lipinski definition) is 17. The van der Waals surface area contributed by atoms with E-state index in [0.29, 0.717) is 166 Å². The fourth-order valence-corrected chi connectivity index (χ4v) is 22.5. The van der Waals surface area contributed by atoms with Gasteiger partial charge in [-0.3, -0.25) is 62.2 Å². The van der Waals surface area contributed by atoms with E-state index in [1.165, 1.54) is 45.9 Å². The number of ether oxygens (including phenoxy) is 1. The quantitative estimate of drug-likeness (QED) is 0.103. The maximum absolute atomic E-state index is 16.7. The third kappa shape index (κ3) is 16.2. The number of pyridine rings is 9. The normalized spacial score (nSPS) is 17.7. The van der Waals surface area contributed by atoms with Gasteiger partial charge in [-0.1, -0.05) is 187 Å². The summed E-state index contributed by atoms with van der Waals surface area (Å²) in [6.45, 7) is 37.1. The summed E-state index contributed by atoms with van der Waals surface area (Å²) in [5.74, 6) is -2.52. The van der Waals surface area contributed by atoms with Gasteiger partial charge in [-0.25, -0.2) is 28.1 Å². The van der Waals surface area contributed by atoms with E-state index in [2.05, 4.69) is 39.5 Å². The minimum absolute atomic E-state index is 0.0189. The molecule has 9 aromatic heterocycles. The van der Waals surface area contributed by atoms with Gasteiger partial charge in [0.15, 0.2) is 11.3 Å². The average molecular weight is 1950 g/mol. The van der Waals surface area contributed by atoms with Gasteiger partial charge in [0.2, 0.25) is 23.5 Å². The van der Waals surface area contributed by atoms with Crippen LogP contribution in [0.4, 0.5) is 35.9 Å². The van der Waals surface area contributed by atoms with Crippen LogP contribution in [0.2, 0.25) is 15.1 Å². The molecule has 4 amide bonds. The maximum atomic E-state index is 16.7. The number of anilines is 4. The van der Waals surface area contributed by atoms with Gasteiger partial charge in [0.1, 0.15) is 51.9 Å². The molecule has 141 heavy (non-hydrogen) atoms. The first-order valence-corrected chi connectivity index (χ1v) is 48.5. The number of fused-ring (bicyclic) bond motifs is 18. The molecule has 0 bridgehead atoms. The Labute approximate surface area is 827 Å². The highest BCUT2D eigenvalue weighted by Gasteiger charge is 2.48. The largest absolute Gasteiger partial charge is 0.486 e. The third-order valence-electron chi connectivity index (χ3n) is 28.4. The molecule has 3 fully saturated rings. The second-order valence-electron chi connectivity index (χ2n) is 38.2. The lowest BCUT2D eigenvalue weighted by Crippen LogP contribution is -2.66. The van der Waals surface area contributed by atoms with Crippen LogP contribution >= 0.6 is 34.8 Å². The molecule has 0 saturated carbocycles. The van der Waals surface area contributed by atoms with Crippen molar-refractivity contribution < 1.29 is 37.1 Å². The molecule has 6 atom stereocenters. The first-order chi connectivity index (χ1) is 67.6. The van der Waals surface area contributed by atoms with Crippen molar-refractivity contribution in [1.82, 2.24) is 58.3 Å². The number of carbonyl (C=O) groups excluding carboxylic acids is 4. The topological polar surface area (TPSA) is 244 Å². The Hall–Kier alpha value is -14.4. The number of amides is 4. The van der Waals surface area contributed by atoms with E-state index in [1.807, 2.05) is 190 Å². The summed E-state index contributed by atoms with van der Waals surface area (Å²) in [5.41, 5.74) is 10.3. The number of hydrogen-bond donors (Lipinski definition) is 0. The molecule has 6 unspecified atom stereocenters. The highest BCUT2D eigenvalue weighted by Crippen LogP contribution is 2.49. The van der Waals surface area contributed by atoms with Gasteiger partial charge >= 0.3 is 5.56 Å². The van der Waals surface area contributed by atoms with Crippen LogP contribution in [0.5, 0.6) is 5.75 Å². The summed E-state index contributed by atoms with van der Waals surface area (Å²) in [5, 5.41) is 7.30. The van der Waals surface area contributed by atoms with Crippen molar-refractivity contribution >= 4 is 147 Å². The Balaban J connectivity index is 0.000000135. The van der Waals surface area contributed by atoms with Crippen LogP contribution < -0.4 is 41.0 Å². The second kappa shape index (κ2) is 37.6. The zero-order valence-corrected chi connectivity index (χ0v) is 82.7. The highest BCUT2D eigenvalue weighted by molar-refractivity contribution is 6.38. The van der Waals surface area contributed by atoms with Gasteiger partial charge in [-0.2, -0.15) is 0 Å². The first-order valence-electron chi connectivity index (χ1n) is 47.4. The molecule has 30 heteroatoms. The highest BCUT2D eigenvalue weighted by atomic mass is 35.5. The van der Waals surface area contributed by atoms with Crippen LogP contribution in [-0.2, 0) is 25.6 Å². The number of rotatable bonds is 12. The smallest absolute Gasteiger partial charge is 0.301 e. The van der Waals surface area contributed by atoms with Crippen molar-refractivity contribution in [3.63, 3.8) is 0 Å². The van der Waals surface area contributed by atoms with E-state index >= 15 is 13.2 Å². The van der Waals surface area contributed by atoms with Crippen LogP contribution in [0.3, 0.4) is 0 Å². The van der Waals surface area contributed by atoms with Crippen LogP contribution in [0, 0.1) is 38.2 Å². The predicted octanol–water partition coefficient (Wildman–Crippen LogP) is 21.0. The van der Waals surface area contributed by atoms with Crippen molar-refractivity contribution in [2.24, 2.45) is 0 Å². The minimum atomic E-state index is -0.799. The molecule has 15 aromatic rings. The summed E-state index contributed by atoms with van der Waals surface area (Å²) in [4.78, 5) is 138. The summed E-state index contributed by atoms with van der Waals surface area (Å²) in [7, 11) is 1.55. The van der Waals surface area contributed by atoms with E-state index < -0.39 is 34.6 Å². The Bertz CT molecular complexity index is 8030. The van der Waals surface area contributed by atoms with Gasteiger partial charge in [-0.15, -0.1) is 0 Å². The Kier molecular flexibility index (Phi) is 25.5. The zero-order chi connectivity index (χ0) is 99.8. The maximum Gasteiger partial charge on any atom is 0.301 e. The molecule has 6 aromatic carbocycles. The number of carbonyl (C=O) groups is 4. The van der Waals surface area contributed by atoms with E-state index in [-0.39, 0.29) is 137 Å². The predicted molar refractivity (Wildman–Crippen MR) is 555 cm³/mol. The zero-order valence-electron chi connectivity index (χ0n) is 80.4. The molecular formula is C111H104Cl3F3N16O8. The summed E-state index contributed by atoms with van der Waals surface area (Å²) in [6, 6.07) is 41.5. The standard InChI is InChI=1S/C37H34ClFN6O3.C37H35ClFN5O3.C37H35ClFN5O2/c1-7-28(46)43-18-27-36(47)42(6)34-33(44(27)17-21(43)5)24-16-26(39)31(23-12-8-10-22-11-9-13-25(38)29(22)23)41-35(24)45(37(34)48)32-20(4)14-15-40-30(32)19(2)3;1-6-29(45)42-19-24-14-16-47-35-34(43(24)18-22(42)5)26-17-28(39)32(25-11-7-9-23-10-8-12-27(38)30(23)25)41-36(26)44(37(35)46)33-21(4)13-15-40-31(33)20(2)3;1-6-30(45)42-19-24-13-14-26-35(43(24)18-22(42)5)27-17-29(39)33(25-11-7-9-23-10-8-12-28(38)31(23)25)41-36(27)44(37(26)46)34-21(4)15-16-40-32(34)20(2)3/h7-16,19,21,27H,1,17-18H2,2-6H3;6-13,15,17,20,22,24H,1,14,16,18-19H2,2-5H3;6-12,15-17,20,22,24H,1,13-14,18-19H2,2-5H3. The molecule has 3 saturated heterocycles. The lowest BCUT2D eigenvalue weighted by molar-refractivity contribution is -0.131. The molecule has 6 aliphatic heterocycles. The Morgan fingerprint density at radius 2 is 0.773 bits per heavy atom. The number of likely N-dealkylation sites (N-methyl/N-ethyl adjacent to an activating group) is 1. The number of piperazine rings is 3. The fourth-order valence-electron chi connectivity index (χ4n) is 21.7. The molecule has 718 valence electrons. The number of aryl methyl sites for hydroxylation is 3. The molecule has 0 spiro atoms. The van der Waals surface area contributed by atoms with Gasteiger partial charge < -0.3 is 39.0 Å². The van der Waals surface area contributed by atoms with Crippen LogP contribution in [0.1, 0.15) is 132 Å².